The Morgan fingerprint density at radius 3 is 2.41 bits per heavy atom. The normalized spacial score (nSPS) is 13.8. The molecule has 0 fully saturated rings. The maximum absolute atomic E-state index is 13.4. The molecular weight excluding hydrogens is 444 g/mol. The lowest BCUT2D eigenvalue weighted by Crippen LogP contribution is -2.32. The summed E-state index contributed by atoms with van der Waals surface area (Å²) in [6, 6.07) is 24.2. The zero-order valence-corrected chi connectivity index (χ0v) is 19.2. The highest BCUT2D eigenvalue weighted by Crippen LogP contribution is 2.23. The second kappa shape index (κ2) is 10.3. The monoisotopic (exact) mass is 468 g/mol. The molecule has 1 aliphatic heterocycles. The molecule has 0 unspecified atom stereocenters. The lowest BCUT2D eigenvalue weighted by molar-refractivity contribution is 0.348. The SMILES string of the molecule is O=S(=O)(c1cccc(Cl)c1)N(CCCc1ccccc1)Cc1ccc(C2=NCCO2)cc1. The molecule has 0 amide bonds. The number of ether oxygens (including phenoxy) is 1. The molecule has 0 saturated heterocycles. The van der Waals surface area contributed by atoms with Crippen molar-refractivity contribution < 1.29 is 13.2 Å². The van der Waals surface area contributed by atoms with Crippen LogP contribution in [0.25, 0.3) is 0 Å². The van der Waals surface area contributed by atoms with Crippen molar-refractivity contribution in [1.82, 2.24) is 4.31 Å². The summed E-state index contributed by atoms with van der Waals surface area (Å²) in [5.41, 5.74) is 2.99. The van der Waals surface area contributed by atoms with Crippen molar-refractivity contribution in [3.05, 3.63) is 101 Å². The smallest absolute Gasteiger partial charge is 0.243 e. The first-order valence-electron chi connectivity index (χ1n) is 10.6. The minimum absolute atomic E-state index is 0.204. The largest absolute Gasteiger partial charge is 0.476 e. The fourth-order valence-corrected chi connectivity index (χ4v) is 5.40. The topological polar surface area (TPSA) is 59.0 Å². The van der Waals surface area contributed by atoms with E-state index >= 15 is 0 Å². The van der Waals surface area contributed by atoms with Gasteiger partial charge in [0.15, 0.2) is 0 Å². The van der Waals surface area contributed by atoms with Crippen molar-refractivity contribution >= 4 is 27.5 Å². The van der Waals surface area contributed by atoms with Gasteiger partial charge in [-0.05, 0) is 54.3 Å². The Morgan fingerprint density at radius 2 is 1.72 bits per heavy atom. The number of nitrogens with zero attached hydrogens (tertiary/aromatic N) is 2. The zero-order valence-electron chi connectivity index (χ0n) is 17.7. The molecule has 0 radical (unpaired) electrons. The Hall–Kier alpha value is -2.67. The third-order valence-electron chi connectivity index (χ3n) is 5.29. The van der Waals surface area contributed by atoms with Gasteiger partial charge in [-0.15, -0.1) is 0 Å². The fourth-order valence-electron chi connectivity index (χ4n) is 3.63. The van der Waals surface area contributed by atoms with Crippen molar-refractivity contribution in [2.24, 2.45) is 4.99 Å². The summed E-state index contributed by atoms with van der Waals surface area (Å²) in [6.45, 7) is 1.95. The highest BCUT2D eigenvalue weighted by atomic mass is 35.5. The van der Waals surface area contributed by atoms with Gasteiger partial charge >= 0.3 is 0 Å². The van der Waals surface area contributed by atoms with Gasteiger partial charge in [0.25, 0.3) is 0 Å². The van der Waals surface area contributed by atoms with E-state index < -0.39 is 10.0 Å². The number of rotatable bonds is 9. The Balaban J connectivity index is 1.53. The number of aliphatic imine (C=N–C) groups is 1. The molecule has 0 spiro atoms. The number of halogens is 1. The van der Waals surface area contributed by atoms with E-state index in [-0.39, 0.29) is 11.4 Å². The Bertz CT molecular complexity index is 1180. The molecule has 0 aliphatic carbocycles. The van der Waals surface area contributed by atoms with Crippen LogP contribution < -0.4 is 0 Å². The molecule has 0 N–H and O–H groups in total. The number of sulfonamides is 1. The van der Waals surface area contributed by atoms with E-state index in [1.807, 2.05) is 42.5 Å². The standard InChI is InChI=1S/C25H25ClN2O3S/c26-23-9-4-10-24(18-23)32(29,30)28(16-5-8-20-6-2-1-3-7-20)19-21-11-13-22(14-12-21)25-27-15-17-31-25/h1-4,6-7,9-14,18H,5,8,15-17,19H2. The van der Waals surface area contributed by atoms with Crippen LogP contribution in [0.3, 0.4) is 0 Å². The Kier molecular flexibility index (Phi) is 7.25. The molecule has 166 valence electrons. The van der Waals surface area contributed by atoms with Gasteiger partial charge < -0.3 is 4.74 Å². The van der Waals surface area contributed by atoms with Gasteiger partial charge in [-0.1, -0.05) is 60.1 Å². The molecule has 0 atom stereocenters. The van der Waals surface area contributed by atoms with Crippen LogP contribution in [0, 0.1) is 0 Å². The summed E-state index contributed by atoms with van der Waals surface area (Å²) in [5.74, 6) is 0.641. The highest BCUT2D eigenvalue weighted by Gasteiger charge is 2.25. The summed E-state index contributed by atoms with van der Waals surface area (Å²) in [6.07, 6.45) is 1.52. The van der Waals surface area contributed by atoms with Crippen molar-refractivity contribution in [3.63, 3.8) is 0 Å². The molecule has 1 aliphatic rings. The summed E-state index contributed by atoms with van der Waals surface area (Å²) in [7, 11) is -3.70. The lowest BCUT2D eigenvalue weighted by atomic mass is 10.1. The predicted octanol–water partition coefficient (Wildman–Crippen LogP) is 4.94. The van der Waals surface area contributed by atoms with Gasteiger partial charge in [-0.2, -0.15) is 4.31 Å². The van der Waals surface area contributed by atoms with Gasteiger partial charge in [-0.3, -0.25) is 0 Å². The average molecular weight is 469 g/mol. The van der Waals surface area contributed by atoms with E-state index in [1.165, 1.54) is 15.9 Å². The van der Waals surface area contributed by atoms with Gasteiger partial charge in [0.1, 0.15) is 6.61 Å². The van der Waals surface area contributed by atoms with Crippen molar-refractivity contribution in [2.75, 3.05) is 19.7 Å². The van der Waals surface area contributed by atoms with Crippen molar-refractivity contribution in [3.8, 4) is 0 Å². The highest BCUT2D eigenvalue weighted by molar-refractivity contribution is 7.89. The van der Waals surface area contributed by atoms with Gasteiger partial charge in [-0.25, -0.2) is 13.4 Å². The third-order valence-corrected chi connectivity index (χ3v) is 7.37. The van der Waals surface area contributed by atoms with E-state index in [1.54, 1.807) is 18.2 Å². The van der Waals surface area contributed by atoms with E-state index in [2.05, 4.69) is 17.1 Å². The van der Waals surface area contributed by atoms with E-state index in [4.69, 9.17) is 16.3 Å². The molecule has 5 nitrogen and oxygen atoms in total. The molecule has 1 heterocycles. The van der Waals surface area contributed by atoms with Crippen LogP contribution in [0.4, 0.5) is 0 Å². The molecule has 7 heteroatoms. The maximum atomic E-state index is 13.4. The quantitative estimate of drug-likeness (QED) is 0.447. The van der Waals surface area contributed by atoms with Crippen LogP contribution in [-0.4, -0.2) is 38.3 Å². The van der Waals surface area contributed by atoms with Crippen molar-refractivity contribution in [1.29, 1.82) is 0 Å². The van der Waals surface area contributed by atoms with Gasteiger partial charge in [0.2, 0.25) is 15.9 Å². The van der Waals surface area contributed by atoms with Crippen LogP contribution in [-0.2, 0) is 27.7 Å². The average Bonchev–Trinajstić information content (AvgIpc) is 3.34. The Labute approximate surface area is 194 Å². The first-order chi connectivity index (χ1) is 15.5. The number of hydrogen-bond acceptors (Lipinski definition) is 4. The summed E-state index contributed by atoms with van der Waals surface area (Å²) in [5, 5.41) is 0.400. The Morgan fingerprint density at radius 1 is 0.938 bits per heavy atom. The molecular formula is C25H25ClN2O3S. The number of aryl methyl sites for hydroxylation is 1. The molecule has 3 aromatic carbocycles. The second-order valence-electron chi connectivity index (χ2n) is 7.62. The first-order valence-corrected chi connectivity index (χ1v) is 12.4. The second-order valence-corrected chi connectivity index (χ2v) is 9.99. The van der Waals surface area contributed by atoms with Crippen LogP contribution in [0.2, 0.25) is 5.02 Å². The van der Waals surface area contributed by atoms with Crippen LogP contribution >= 0.6 is 11.6 Å². The van der Waals surface area contributed by atoms with Crippen LogP contribution in [0.5, 0.6) is 0 Å². The van der Waals surface area contributed by atoms with E-state index in [0.717, 1.165) is 17.5 Å². The van der Waals surface area contributed by atoms with Gasteiger partial charge in [0.05, 0.1) is 11.4 Å². The summed E-state index contributed by atoms with van der Waals surface area (Å²) in [4.78, 5) is 4.53. The number of benzene rings is 3. The maximum Gasteiger partial charge on any atom is 0.243 e. The predicted molar refractivity (Wildman–Crippen MR) is 128 cm³/mol. The van der Waals surface area contributed by atoms with Crippen LogP contribution in [0.1, 0.15) is 23.1 Å². The van der Waals surface area contributed by atoms with E-state index in [0.29, 0.717) is 37.0 Å². The molecule has 0 saturated carbocycles. The first kappa shape index (κ1) is 22.5. The van der Waals surface area contributed by atoms with Gasteiger partial charge in [0, 0.05) is 23.7 Å². The minimum atomic E-state index is -3.70. The van der Waals surface area contributed by atoms with E-state index in [9.17, 15) is 8.42 Å². The number of hydrogen-bond donors (Lipinski definition) is 0. The lowest BCUT2D eigenvalue weighted by Gasteiger charge is -2.23. The molecule has 3 aromatic rings. The molecule has 0 bridgehead atoms. The summed E-state index contributed by atoms with van der Waals surface area (Å²) >= 11 is 6.07. The fraction of sp³-hybridized carbons (Fsp3) is 0.240. The van der Waals surface area contributed by atoms with Crippen LogP contribution in [0.15, 0.2) is 88.8 Å². The molecule has 32 heavy (non-hydrogen) atoms. The minimum Gasteiger partial charge on any atom is -0.476 e. The molecule has 4 rings (SSSR count). The van der Waals surface area contributed by atoms with Crippen molar-refractivity contribution in [2.45, 2.75) is 24.3 Å². The zero-order chi connectivity index (χ0) is 22.4. The third kappa shape index (κ3) is 5.57. The summed E-state index contributed by atoms with van der Waals surface area (Å²) < 4.78 is 33.9. The molecule has 0 aromatic heterocycles.